The van der Waals surface area contributed by atoms with Gasteiger partial charge in [-0.1, -0.05) is 24.0 Å². The summed E-state index contributed by atoms with van der Waals surface area (Å²) in [7, 11) is 0. The average molecular weight is 256 g/mol. The zero-order valence-corrected chi connectivity index (χ0v) is 11.6. The molecule has 1 amide bonds. The van der Waals surface area contributed by atoms with E-state index in [2.05, 4.69) is 25.7 Å². The van der Waals surface area contributed by atoms with E-state index in [9.17, 15) is 4.79 Å². The molecule has 100 valence electrons. The Morgan fingerprint density at radius 2 is 2.16 bits per heavy atom. The molecule has 3 nitrogen and oxygen atoms in total. The molecule has 1 aromatic rings. The molecular weight excluding hydrogens is 236 g/mol. The summed E-state index contributed by atoms with van der Waals surface area (Å²) in [5.41, 5.74) is 6.78. The standard InChI is InChI=1S/C16H20N2O/c1-16(2)10-6-12-18(16)15(19)14-9-4-3-7-13(14)8-5-11-17/h3-4,7,9H,6,10-12,17H2,1-2H3. The van der Waals surface area contributed by atoms with Crippen molar-refractivity contribution in [2.24, 2.45) is 5.73 Å². The maximum Gasteiger partial charge on any atom is 0.255 e. The normalized spacial score (nSPS) is 16.9. The summed E-state index contributed by atoms with van der Waals surface area (Å²) in [6.07, 6.45) is 2.12. The van der Waals surface area contributed by atoms with Crippen LogP contribution < -0.4 is 5.73 Å². The second-order valence-electron chi connectivity index (χ2n) is 5.42. The average Bonchev–Trinajstić information content (AvgIpc) is 2.75. The lowest BCUT2D eigenvalue weighted by atomic mass is 10.00. The third-order valence-corrected chi connectivity index (χ3v) is 3.63. The fourth-order valence-electron chi connectivity index (χ4n) is 2.55. The van der Waals surface area contributed by atoms with Gasteiger partial charge in [0.1, 0.15) is 0 Å². The minimum atomic E-state index is -0.0640. The first-order chi connectivity index (χ1) is 9.06. The van der Waals surface area contributed by atoms with Crippen LogP contribution in [0.15, 0.2) is 24.3 Å². The monoisotopic (exact) mass is 256 g/mol. The number of benzene rings is 1. The molecule has 1 aromatic carbocycles. The summed E-state index contributed by atoms with van der Waals surface area (Å²) in [4.78, 5) is 14.6. The Bertz CT molecular complexity index is 537. The van der Waals surface area contributed by atoms with Crippen LogP contribution in [0.1, 0.15) is 42.6 Å². The highest BCUT2D eigenvalue weighted by atomic mass is 16.2. The molecule has 0 atom stereocenters. The summed E-state index contributed by atoms with van der Waals surface area (Å²) in [5.74, 6) is 5.87. The van der Waals surface area contributed by atoms with Gasteiger partial charge in [0.05, 0.1) is 12.1 Å². The van der Waals surface area contributed by atoms with E-state index in [1.54, 1.807) is 0 Å². The minimum Gasteiger partial charge on any atom is -0.333 e. The van der Waals surface area contributed by atoms with Crippen LogP contribution in [0.2, 0.25) is 0 Å². The van der Waals surface area contributed by atoms with Gasteiger partial charge in [-0.3, -0.25) is 4.79 Å². The van der Waals surface area contributed by atoms with Gasteiger partial charge in [-0.2, -0.15) is 0 Å². The first kappa shape index (κ1) is 13.6. The molecule has 3 heteroatoms. The number of amides is 1. The lowest BCUT2D eigenvalue weighted by molar-refractivity contribution is 0.0651. The molecule has 0 radical (unpaired) electrons. The predicted octanol–water partition coefficient (Wildman–Crippen LogP) is 2.01. The molecule has 1 aliphatic heterocycles. The molecule has 0 aromatic heterocycles. The number of hydrogen-bond acceptors (Lipinski definition) is 2. The van der Waals surface area contributed by atoms with Crippen molar-refractivity contribution < 1.29 is 4.79 Å². The van der Waals surface area contributed by atoms with Gasteiger partial charge in [-0.15, -0.1) is 0 Å². The van der Waals surface area contributed by atoms with Gasteiger partial charge >= 0.3 is 0 Å². The van der Waals surface area contributed by atoms with Crippen molar-refractivity contribution in [3.63, 3.8) is 0 Å². The smallest absolute Gasteiger partial charge is 0.255 e. The molecule has 0 bridgehead atoms. The maximum atomic E-state index is 12.7. The molecule has 2 rings (SSSR count). The van der Waals surface area contributed by atoms with E-state index in [0.717, 1.165) is 24.9 Å². The van der Waals surface area contributed by atoms with Crippen LogP contribution in [0.3, 0.4) is 0 Å². The quantitative estimate of drug-likeness (QED) is 0.781. The summed E-state index contributed by atoms with van der Waals surface area (Å²) in [5, 5.41) is 0. The molecule has 1 saturated heterocycles. The van der Waals surface area contributed by atoms with E-state index in [-0.39, 0.29) is 11.4 Å². The number of likely N-dealkylation sites (tertiary alicyclic amines) is 1. The summed E-state index contributed by atoms with van der Waals surface area (Å²) in [6, 6.07) is 7.49. The van der Waals surface area contributed by atoms with Gasteiger partial charge in [0.2, 0.25) is 0 Å². The molecule has 1 heterocycles. The largest absolute Gasteiger partial charge is 0.333 e. The number of hydrogen-bond donors (Lipinski definition) is 1. The Kier molecular flexibility index (Phi) is 3.92. The van der Waals surface area contributed by atoms with Crippen LogP contribution in [0.25, 0.3) is 0 Å². The SMILES string of the molecule is CC1(C)CCCN1C(=O)c1ccccc1C#CCN. The Balaban J connectivity index is 2.34. The van der Waals surface area contributed by atoms with Gasteiger partial charge in [-0.25, -0.2) is 0 Å². The number of rotatable bonds is 1. The number of nitrogens with two attached hydrogens (primary N) is 1. The Morgan fingerprint density at radius 1 is 1.42 bits per heavy atom. The van der Waals surface area contributed by atoms with Gasteiger partial charge in [0.25, 0.3) is 5.91 Å². The van der Waals surface area contributed by atoms with Crippen molar-refractivity contribution in [3.05, 3.63) is 35.4 Å². The first-order valence-corrected chi connectivity index (χ1v) is 6.66. The van der Waals surface area contributed by atoms with Crippen LogP contribution >= 0.6 is 0 Å². The highest BCUT2D eigenvalue weighted by Gasteiger charge is 2.36. The molecule has 0 unspecified atom stereocenters. The molecule has 0 spiro atoms. The van der Waals surface area contributed by atoms with Gasteiger partial charge in [-0.05, 0) is 38.8 Å². The number of nitrogens with zero attached hydrogens (tertiary/aromatic N) is 1. The van der Waals surface area contributed by atoms with Crippen molar-refractivity contribution in [2.45, 2.75) is 32.2 Å². The Labute approximate surface area is 114 Å². The van der Waals surface area contributed by atoms with E-state index in [1.165, 1.54) is 0 Å². The van der Waals surface area contributed by atoms with Crippen LogP contribution in [0, 0.1) is 11.8 Å². The lowest BCUT2D eigenvalue weighted by Crippen LogP contribution is -2.42. The minimum absolute atomic E-state index is 0.0640. The molecule has 2 N–H and O–H groups in total. The van der Waals surface area contributed by atoms with Crippen molar-refractivity contribution in [2.75, 3.05) is 13.1 Å². The zero-order chi connectivity index (χ0) is 13.9. The first-order valence-electron chi connectivity index (χ1n) is 6.66. The van der Waals surface area contributed by atoms with E-state index >= 15 is 0 Å². The van der Waals surface area contributed by atoms with Gasteiger partial charge in [0.15, 0.2) is 0 Å². The Morgan fingerprint density at radius 3 is 2.79 bits per heavy atom. The van der Waals surface area contributed by atoms with Crippen molar-refractivity contribution in [1.29, 1.82) is 0 Å². The molecule has 19 heavy (non-hydrogen) atoms. The lowest BCUT2D eigenvalue weighted by Gasteiger charge is -2.32. The second-order valence-corrected chi connectivity index (χ2v) is 5.42. The third-order valence-electron chi connectivity index (χ3n) is 3.63. The highest BCUT2D eigenvalue weighted by Crippen LogP contribution is 2.30. The van der Waals surface area contributed by atoms with Crippen LogP contribution in [0.5, 0.6) is 0 Å². The predicted molar refractivity (Wildman–Crippen MR) is 76.7 cm³/mol. The second kappa shape index (κ2) is 5.46. The van der Waals surface area contributed by atoms with Crippen molar-refractivity contribution in [1.82, 2.24) is 4.90 Å². The molecule has 1 fully saturated rings. The zero-order valence-electron chi connectivity index (χ0n) is 11.6. The number of carbonyl (C=O) groups is 1. The molecular formula is C16H20N2O. The Hall–Kier alpha value is -1.79. The topological polar surface area (TPSA) is 46.3 Å². The van der Waals surface area contributed by atoms with Gasteiger partial charge in [0, 0.05) is 17.6 Å². The third kappa shape index (κ3) is 2.80. The van der Waals surface area contributed by atoms with Crippen molar-refractivity contribution >= 4 is 5.91 Å². The highest BCUT2D eigenvalue weighted by molar-refractivity contribution is 5.97. The summed E-state index contributed by atoms with van der Waals surface area (Å²) >= 11 is 0. The van der Waals surface area contributed by atoms with E-state index in [0.29, 0.717) is 12.1 Å². The van der Waals surface area contributed by atoms with Crippen LogP contribution in [-0.4, -0.2) is 29.4 Å². The fourth-order valence-corrected chi connectivity index (χ4v) is 2.55. The number of carbonyl (C=O) groups excluding carboxylic acids is 1. The molecule has 0 aliphatic carbocycles. The summed E-state index contributed by atoms with van der Waals surface area (Å²) < 4.78 is 0. The summed E-state index contributed by atoms with van der Waals surface area (Å²) in [6.45, 7) is 5.36. The molecule has 0 saturated carbocycles. The van der Waals surface area contributed by atoms with Crippen LogP contribution in [0.4, 0.5) is 0 Å². The fraction of sp³-hybridized carbons (Fsp3) is 0.438. The molecule has 1 aliphatic rings. The van der Waals surface area contributed by atoms with E-state index in [1.807, 2.05) is 29.2 Å². The van der Waals surface area contributed by atoms with Gasteiger partial charge < -0.3 is 10.6 Å². The van der Waals surface area contributed by atoms with E-state index in [4.69, 9.17) is 5.73 Å². The van der Waals surface area contributed by atoms with E-state index < -0.39 is 0 Å². The van der Waals surface area contributed by atoms with Crippen LogP contribution in [-0.2, 0) is 0 Å². The van der Waals surface area contributed by atoms with Crippen molar-refractivity contribution in [3.8, 4) is 11.8 Å². The maximum absolute atomic E-state index is 12.7.